The molecule has 0 N–H and O–H groups in total. The number of para-hydroxylation sites is 1. The van der Waals surface area contributed by atoms with E-state index in [9.17, 15) is 9.59 Å². The lowest BCUT2D eigenvalue weighted by Crippen LogP contribution is -2.33. The van der Waals surface area contributed by atoms with Crippen LogP contribution >= 0.6 is 10.5 Å². The fourth-order valence-corrected chi connectivity index (χ4v) is 3.47. The average molecular weight is 279 g/mol. The van der Waals surface area contributed by atoms with Crippen molar-refractivity contribution in [2.75, 3.05) is 20.5 Å². The van der Waals surface area contributed by atoms with Gasteiger partial charge in [0, 0.05) is 4.90 Å². The Bertz CT molecular complexity index is 619. The molecule has 0 saturated heterocycles. The topological polar surface area (TPSA) is 65.0 Å². The van der Waals surface area contributed by atoms with Crippen molar-refractivity contribution in [2.24, 2.45) is 4.99 Å². The first-order valence-electron chi connectivity index (χ1n) is 5.47. The van der Waals surface area contributed by atoms with Crippen LogP contribution in [0.5, 0.6) is 0 Å². The van der Waals surface area contributed by atoms with Crippen molar-refractivity contribution in [1.29, 1.82) is 0 Å². The van der Waals surface area contributed by atoms with Crippen LogP contribution in [0.1, 0.15) is 0 Å². The van der Waals surface area contributed by atoms with E-state index in [-0.39, 0.29) is 10.6 Å². The zero-order chi connectivity index (χ0) is 14.0. The standard InChI is InChI=1S/C13H13NO4S/c1-17-12(15)10-11(13(16)18-2)19(3)9-7-5-4-6-8(9)14-10/h4-7H,1-3H3. The first-order chi connectivity index (χ1) is 9.10. The summed E-state index contributed by atoms with van der Waals surface area (Å²) in [6.45, 7) is 0. The van der Waals surface area contributed by atoms with Gasteiger partial charge in [0.25, 0.3) is 0 Å². The van der Waals surface area contributed by atoms with Gasteiger partial charge in [-0.15, -0.1) is 10.5 Å². The molecule has 1 aliphatic rings. The number of hydrogen-bond donors (Lipinski definition) is 0. The normalized spacial score (nSPS) is 17.3. The Morgan fingerprint density at radius 2 is 1.74 bits per heavy atom. The highest BCUT2D eigenvalue weighted by atomic mass is 32.2. The summed E-state index contributed by atoms with van der Waals surface area (Å²) in [7, 11) is 1.96. The molecular weight excluding hydrogens is 266 g/mol. The van der Waals surface area contributed by atoms with Gasteiger partial charge in [-0.05, 0) is 18.4 Å². The summed E-state index contributed by atoms with van der Waals surface area (Å²) in [4.78, 5) is 29.1. The first-order valence-corrected chi connectivity index (χ1v) is 7.11. The molecule has 0 bridgehead atoms. The van der Waals surface area contributed by atoms with E-state index in [1.807, 2.05) is 24.5 Å². The number of esters is 2. The number of carbonyl (C=O) groups is 2. The predicted octanol–water partition coefficient (Wildman–Crippen LogP) is 1.55. The van der Waals surface area contributed by atoms with Gasteiger partial charge in [0.1, 0.15) is 4.86 Å². The number of hydrogen-bond acceptors (Lipinski definition) is 5. The monoisotopic (exact) mass is 279 g/mol. The van der Waals surface area contributed by atoms with E-state index in [4.69, 9.17) is 4.74 Å². The van der Waals surface area contributed by atoms with Crippen LogP contribution in [0.25, 0.3) is 0 Å². The number of methoxy groups -OCH3 is 2. The molecule has 1 atom stereocenters. The van der Waals surface area contributed by atoms with Gasteiger partial charge in [0.15, 0.2) is 5.71 Å². The molecule has 19 heavy (non-hydrogen) atoms. The number of aliphatic imine (C=N–C) groups is 1. The van der Waals surface area contributed by atoms with E-state index in [0.29, 0.717) is 5.69 Å². The van der Waals surface area contributed by atoms with Crippen LogP contribution in [0.3, 0.4) is 0 Å². The van der Waals surface area contributed by atoms with Gasteiger partial charge in [-0.25, -0.2) is 14.6 Å². The summed E-state index contributed by atoms with van der Waals surface area (Å²) in [5, 5.41) is 0. The molecule has 1 unspecified atom stereocenters. The van der Waals surface area contributed by atoms with Crippen LogP contribution in [0, 0.1) is 0 Å². The van der Waals surface area contributed by atoms with Crippen molar-refractivity contribution >= 4 is 38.7 Å². The lowest BCUT2D eigenvalue weighted by atomic mass is 10.2. The van der Waals surface area contributed by atoms with Crippen LogP contribution in [0.2, 0.25) is 0 Å². The molecule has 0 fully saturated rings. The highest BCUT2D eigenvalue weighted by molar-refractivity contribution is 8.17. The molecule has 0 saturated carbocycles. The molecule has 1 aliphatic heterocycles. The lowest BCUT2D eigenvalue weighted by Gasteiger charge is -2.19. The van der Waals surface area contributed by atoms with Gasteiger partial charge >= 0.3 is 11.9 Å². The molecule has 0 radical (unpaired) electrons. The molecule has 6 heteroatoms. The van der Waals surface area contributed by atoms with E-state index in [2.05, 4.69) is 9.73 Å². The molecule has 0 aromatic heterocycles. The van der Waals surface area contributed by atoms with Crippen LogP contribution in [0.4, 0.5) is 5.69 Å². The second-order valence-corrected chi connectivity index (χ2v) is 5.62. The molecular formula is C13H13NO4S. The van der Waals surface area contributed by atoms with E-state index in [0.717, 1.165) is 4.90 Å². The summed E-state index contributed by atoms with van der Waals surface area (Å²) in [5.41, 5.74) is 0.709. The summed E-state index contributed by atoms with van der Waals surface area (Å²) >= 11 is 0. The third kappa shape index (κ3) is 2.31. The number of carbonyl (C=O) groups excluding carboxylic acids is 2. The third-order valence-electron chi connectivity index (χ3n) is 2.70. The molecule has 5 nitrogen and oxygen atoms in total. The van der Waals surface area contributed by atoms with Gasteiger partial charge in [0.05, 0.1) is 19.9 Å². The van der Waals surface area contributed by atoms with Crippen LogP contribution in [-0.4, -0.2) is 43.0 Å². The van der Waals surface area contributed by atoms with Gasteiger partial charge in [-0.2, -0.15) is 0 Å². The Hall–Kier alpha value is -1.95. The van der Waals surface area contributed by atoms with Crippen LogP contribution in [-0.2, 0) is 19.1 Å². The van der Waals surface area contributed by atoms with Gasteiger partial charge < -0.3 is 9.47 Å². The summed E-state index contributed by atoms with van der Waals surface area (Å²) in [6, 6.07) is 7.39. The highest BCUT2D eigenvalue weighted by Gasteiger charge is 2.30. The number of benzene rings is 1. The fourth-order valence-electron chi connectivity index (χ4n) is 1.78. The summed E-state index contributed by atoms with van der Waals surface area (Å²) in [6.07, 6.45) is 1.86. The highest BCUT2D eigenvalue weighted by Crippen LogP contribution is 2.37. The molecule has 1 aromatic carbocycles. The summed E-state index contributed by atoms with van der Waals surface area (Å²) in [5.74, 6) is -1.18. The molecule has 0 amide bonds. The lowest BCUT2D eigenvalue weighted by molar-refractivity contribution is -0.134. The second kappa shape index (κ2) is 5.36. The maximum Gasteiger partial charge on any atom is 0.358 e. The molecule has 0 spiro atoms. The van der Waals surface area contributed by atoms with E-state index in [1.165, 1.54) is 14.2 Å². The number of fused-ring (bicyclic) bond motifs is 1. The predicted molar refractivity (Wildman–Crippen MR) is 74.4 cm³/mol. The van der Waals surface area contributed by atoms with Crippen molar-refractivity contribution < 1.29 is 19.1 Å². The number of nitrogens with zero attached hydrogens (tertiary/aromatic N) is 1. The minimum Gasteiger partial charge on any atom is -0.465 e. The van der Waals surface area contributed by atoms with Crippen molar-refractivity contribution in [3.8, 4) is 0 Å². The zero-order valence-electron chi connectivity index (χ0n) is 10.8. The molecule has 100 valence electrons. The van der Waals surface area contributed by atoms with Gasteiger partial charge in [-0.1, -0.05) is 12.1 Å². The van der Waals surface area contributed by atoms with Crippen LogP contribution in [0.15, 0.2) is 34.2 Å². The van der Waals surface area contributed by atoms with Gasteiger partial charge in [0.2, 0.25) is 0 Å². The first kappa shape index (κ1) is 13.5. The Balaban J connectivity index is 2.69. The molecule has 1 aromatic rings. The molecule has 2 rings (SSSR count). The van der Waals surface area contributed by atoms with E-state index in [1.54, 1.807) is 6.07 Å². The largest absolute Gasteiger partial charge is 0.465 e. The van der Waals surface area contributed by atoms with Crippen molar-refractivity contribution in [3.05, 3.63) is 24.3 Å². The SMILES string of the molecule is COC(=O)C1=Nc2ccccc2S(C)=C1C(=O)OC. The molecule has 0 aliphatic carbocycles. The molecule has 1 heterocycles. The smallest absolute Gasteiger partial charge is 0.358 e. The summed E-state index contributed by atoms with van der Waals surface area (Å²) < 4.78 is 9.43. The Morgan fingerprint density at radius 3 is 2.37 bits per heavy atom. The Labute approximate surface area is 113 Å². The van der Waals surface area contributed by atoms with Crippen LogP contribution < -0.4 is 0 Å². The minimum absolute atomic E-state index is 0.0267. The Morgan fingerprint density at radius 1 is 1.11 bits per heavy atom. The van der Waals surface area contributed by atoms with Crippen molar-refractivity contribution in [3.63, 3.8) is 0 Å². The van der Waals surface area contributed by atoms with E-state index >= 15 is 0 Å². The maximum absolute atomic E-state index is 11.9. The quantitative estimate of drug-likeness (QED) is 0.608. The average Bonchev–Trinajstić information content (AvgIpc) is 2.45. The maximum atomic E-state index is 11.9. The van der Waals surface area contributed by atoms with Crippen molar-refractivity contribution in [1.82, 2.24) is 0 Å². The number of rotatable bonds is 2. The Kier molecular flexibility index (Phi) is 3.80. The fraction of sp³-hybridized carbons (Fsp3) is 0.231. The van der Waals surface area contributed by atoms with Gasteiger partial charge in [-0.3, -0.25) is 0 Å². The third-order valence-corrected chi connectivity index (χ3v) is 4.68. The number of ether oxygens (including phenoxy) is 2. The second-order valence-electron chi connectivity index (χ2n) is 3.75. The minimum atomic E-state index is -0.630. The zero-order valence-corrected chi connectivity index (χ0v) is 11.6. The van der Waals surface area contributed by atoms with Crippen molar-refractivity contribution in [2.45, 2.75) is 4.90 Å². The van der Waals surface area contributed by atoms with E-state index < -0.39 is 22.4 Å².